The Morgan fingerprint density at radius 2 is 1.90 bits per heavy atom. The highest BCUT2D eigenvalue weighted by Gasteiger charge is 2.34. The van der Waals surface area contributed by atoms with Crippen molar-refractivity contribution in [1.29, 1.82) is 0 Å². The van der Waals surface area contributed by atoms with Crippen molar-refractivity contribution in [3.63, 3.8) is 0 Å². The van der Waals surface area contributed by atoms with Gasteiger partial charge in [-0.3, -0.25) is 0 Å². The van der Waals surface area contributed by atoms with Gasteiger partial charge >= 0.3 is 0 Å². The summed E-state index contributed by atoms with van der Waals surface area (Å²) in [5.41, 5.74) is 1.39. The number of hydrogen-bond donors (Lipinski definition) is 1. The first kappa shape index (κ1) is 14.1. The molecule has 0 aromatic heterocycles. The highest BCUT2D eigenvalue weighted by molar-refractivity contribution is 8.00. The van der Waals surface area contributed by atoms with Crippen LogP contribution in [0.1, 0.15) is 44.7 Å². The summed E-state index contributed by atoms with van der Waals surface area (Å²) in [5, 5.41) is 4.34. The number of ether oxygens (including phenoxy) is 2. The largest absolute Gasteiger partial charge is 0.486 e. The summed E-state index contributed by atoms with van der Waals surface area (Å²) < 4.78 is 11.4. The zero-order valence-electron chi connectivity index (χ0n) is 12.3. The summed E-state index contributed by atoms with van der Waals surface area (Å²) in [5.74, 6) is 1.82. The molecule has 0 radical (unpaired) electrons. The van der Waals surface area contributed by atoms with Gasteiger partial charge in [0.15, 0.2) is 11.5 Å². The van der Waals surface area contributed by atoms with Crippen LogP contribution >= 0.6 is 11.8 Å². The summed E-state index contributed by atoms with van der Waals surface area (Å²) in [7, 11) is 0. The Kier molecular flexibility index (Phi) is 4.41. The van der Waals surface area contributed by atoms with Crippen molar-refractivity contribution >= 4 is 11.8 Å². The third-order valence-corrected chi connectivity index (χ3v) is 5.27. The Morgan fingerprint density at radius 3 is 2.60 bits per heavy atom. The van der Waals surface area contributed by atoms with Gasteiger partial charge in [-0.05, 0) is 37.1 Å². The second-order valence-electron chi connectivity index (χ2n) is 5.41. The highest BCUT2D eigenvalue weighted by atomic mass is 32.2. The van der Waals surface area contributed by atoms with E-state index in [4.69, 9.17) is 9.47 Å². The molecule has 3 rings (SSSR count). The standard InChI is InChI=1S/C16H23NO2S/c1-3-5-14-16(17-6-4-2)11-9-12-13(10-15(11)20-14)19-8-7-18-12/h9-10,14,16-17H,3-8H2,1-2H3. The molecule has 0 bridgehead atoms. The van der Waals surface area contributed by atoms with Gasteiger partial charge in [-0.1, -0.05) is 20.3 Å². The van der Waals surface area contributed by atoms with Crippen molar-refractivity contribution in [1.82, 2.24) is 5.32 Å². The minimum absolute atomic E-state index is 0.450. The van der Waals surface area contributed by atoms with E-state index in [-0.39, 0.29) is 0 Å². The molecule has 0 saturated heterocycles. The maximum atomic E-state index is 5.73. The average Bonchev–Trinajstić information content (AvgIpc) is 2.79. The summed E-state index contributed by atoms with van der Waals surface area (Å²) in [6.45, 7) is 6.86. The van der Waals surface area contributed by atoms with Crippen LogP contribution in [0.5, 0.6) is 11.5 Å². The molecule has 2 aliphatic heterocycles. The fraction of sp³-hybridized carbons (Fsp3) is 0.625. The fourth-order valence-corrected chi connectivity index (χ4v) is 4.47. The van der Waals surface area contributed by atoms with Crippen LogP contribution in [0.15, 0.2) is 17.0 Å². The van der Waals surface area contributed by atoms with Crippen molar-refractivity contribution in [3.05, 3.63) is 17.7 Å². The molecule has 2 aliphatic rings. The van der Waals surface area contributed by atoms with Crippen LogP contribution in [0.2, 0.25) is 0 Å². The van der Waals surface area contributed by atoms with Crippen LogP contribution in [0.3, 0.4) is 0 Å². The Bertz CT molecular complexity index is 478. The van der Waals surface area contributed by atoms with Crippen LogP contribution < -0.4 is 14.8 Å². The Labute approximate surface area is 125 Å². The van der Waals surface area contributed by atoms with Crippen LogP contribution in [-0.4, -0.2) is 25.0 Å². The van der Waals surface area contributed by atoms with Gasteiger partial charge in [-0.25, -0.2) is 0 Å². The Balaban J connectivity index is 1.89. The average molecular weight is 293 g/mol. The molecule has 1 aromatic rings. The number of thioether (sulfide) groups is 1. The van der Waals surface area contributed by atoms with Crippen LogP contribution in [0.4, 0.5) is 0 Å². The first-order chi connectivity index (χ1) is 9.83. The molecule has 0 amide bonds. The number of benzene rings is 1. The van der Waals surface area contributed by atoms with E-state index in [1.54, 1.807) is 0 Å². The summed E-state index contributed by atoms with van der Waals surface area (Å²) in [4.78, 5) is 1.36. The predicted molar refractivity (Wildman–Crippen MR) is 83.0 cm³/mol. The van der Waals surface area contributed by atoms with Gasteiger partial charge in [0.25, 0.3) is 0 Å². The van der Waals surface area contributed by atoms with E-state index in [1.165, 1.54) is 29.7 Å². The molecule has 20 heavy (non-hydrogen) atoms. The SMILES string of the molecule is CCCNC1c2cc3c(cc2SC1CCC)OCCO3. The van der Waals surface area contributed by atoms with Crippen molar-refractivity contribution in [2.45, 2.75) is 49.3 Å². The lowest BCUT2D eigenvalue weighted by molar-refractivity contribution is 0.170. The van der Waals surface area contributed by atoms with E-state index in [2.05, 4.69) is 31.3 Å². The van der Waals surface area contributed by atoms with E-state index >= 15 is 0 Å². The van der Waals surface area contributed by atoms with Gasteiger partial charge in [-0.15, -0.1) is 11.8 Å². The second kappa shape index (κ2) is 6.27. The third kappa shape index (κ3) is 2.63. The quantitative estimate of drug-likeness (QED) is 0.895. The number of fused-ring (bicyclic) bond motifs is 2. The molecule has 3 nitrogen and oxygen atoms in total. The molecular weight excluding hydrogens is 270 g/mol. The zero-order valence-corrected chi connectivity index (χ0v) is 13.1. The van der Waals surface area contributed by atoms with Crippen LogP contribution in [-0.2, 0) is 0 Å². The van der Waals surface area contributed by atoms with Crippen LogP contribution in [0.25, 0.3) is 0 Å². The molecular formula is C16H23NO2S. The van der Waals surface area contributed by atoms with E-state index in [0.717, 1.165) is 18.0 Å². The molecule has 0 saturated carbocycles. The van der Waals surface area contributed by atoms with E-state index < -0.39 is 0 Å². The second-order valence-corrected chi connectivity index (χ2v) is 6.69. The molecule has 1 aromatic carbocycles. The van der Waals surface area contributed by atoms with Crippen LogP contribution in [0, 0.1) is 0 Å². The van der Waals surface area contributed by atoms with Gasteiger partial charge in [0.05, 0.1) is 0 Å². The van der Waals surface area contributed by atoms with E-state index in [9.17, 15) is 0 Å². The Morgan fingerprint density at radius 1 is 1.15 bits per heavy atom. The molecule has 110 valence electrons. The molecule has 2 unspecified atom stereocenters. The normalized spacial score (nSPS) is 23.7. The predicted octanol–water partition coefficient (Wildman–Crippen LogP) is 3.77. The Hall–Kier alpha value is -0.870. The van der Waals surface area contributed by atoms with Crippen molar-refractivity contribution in [3.8, 4) is 11.5 Å². The van der Waals surface area contributed by atoms with E-state index in [1.807, 2.05) is 11.8 Å². The molecule has 4 heteroatoms. The molecule has 0 spiro atoms. The maximum absolute atomic E-state index is 5.73. The van der Waals surface area contributed by atoms with E-state index in [0.29, 0.717) is 24.5 Å². The monoisotopic (exact) mass is 293 g/mol. The fourth-order valence-electron chi connectivity index (χ4n) is 2.91. The number of rotatable bonds is 5. The van der Waals surface area contributed by atoms with Gasteiger partial charge in [0.2, 0.25) is 0 Å². The number of nitrogens with one attached hydrogen (secondary N) is 1. The lowest BCUT2D eigenvalue weighted by Gasteiger charge is -2.22. The molecule has 0 fully saturated rings. The summed E-state index contributed by atoms with van der Waals surface area (Å²) in [6.07, 6.45) is 3.63. The first-order valence-electron chi connectivity index (χ1n) is 7.67. The third-order valence-electron chi connectivity index (χ3n) is 3.85. The smallest absolute Gasteiger partial charge is 0.162 e. The van der Waals surface area contributed by atoms with Gasteiger partial charge in [0, 0.05) is 16.2 Å². The highest BCUT2D eigenvalue weighted by Crippen LogP contribution is 2.50. The van der Waals surface area contributed by atoms with Crippen molar-refractivity contribution in [2.24, 2.45) is 0 Å². The summed E-state index contributed by atoms with van der Waals surface area (Å²) >= 11 is 1.99. The van der Waals surface area contributed by atoms with Gasteiger partial charge < -0.3 is 14.8 Å². The van der Waals surface area contributed by atoms with Crippen molar-refractivity contribution in [2.75, 3.05) is 19.8 Å². The summed E-state index contributed by atoms with van der Waals surface area (Å²) in [6, 6.07) is 4.82. The topological polar surface area (TPSA) is 30.5 Å². The lowest BCUT2D eigenvalue weighted by atomic mass is 10.00. The molecule has 0 aliphatic carbocycles. The molecule has 2 atom stereocenters. The molecule has 1 N–H and O–H groups in total. The minimum Gasteiger partial charge on any atom is -0.486 e. The first-order valence-corrected chi connectivity index (χ1v) is 8.55. The number of hydrogen-bond acceptors (Lipinski definition) is 4. The van der Waals surface area contributed by atoms with Gasteiger partial charge in [-0.2, -0.15) is 0 Å². The lowest BCUT2D eigenvalue weighted by Crippen LogP contribution is -2.28. The zero-order chi connectivity index (χ0) is 13.9. The van der Waals surface area contributed by atoms with Gasteiger partial charge in [0.1, 0.15) is 13.2 Å². The van der Waals surface area contributed by atoms with Crippen molar-refractivity contribution < 1.29 is 9.47 Å². The molecule has 2 heterocycles. The maximum Gasteiger partial charge on any atom is 0.162 e. The minimum atomic E-state index is 0.450.